The van der Waals surface area contributed by atoms with Crippen molar-refractivity contribution in [1.29, 1.82) is 0 Å². The molecule has 0 amide bonds. The molecule has 5 nitrogen and oxygen atoms in total. The van der Waals surface area contributed by atoms with Gasteiger partial charge >= 0.3 is 0 Å². The molecule has 0 saturated carbocycles. The summed E-state index contributed by atoms with van der Waals surface area (Å²) in [4.78, 5) is 27.9. The number of hydrogen-bond donors (Lipinski definition) is 2. The lowest BCUT2D eigenvalue weighted by Gasteiger charge is -2.23. The highest BCUT2D eigenvalue weighted by molar-refractivity contribution is 5.92. The predicted octanol–water partition coefficient (Wildman–Crippen LogP) is 6.59. The second-order valence-electron chi connectivity index (χ2n) is 9.49. The molecule has 2 aromatic rings. The van der Waals surface area contributed by atoms with E-state index in [-0.39, 0.29) is 35.1 Å². The van der Waals surface area contributed by atoms with Crippen LogP contribution in [-0.4, -0.2) is 38.6 Å². The molecule has 0 spiro atoms. The molecule has 32 heavy (non-hydrogen) atoms. The standard InChI is InChI=1S/C23H34F4N4O/c1-9(2)15-17(30-22(28-15)11(5)6)13(20(24)25)19(32)14(21(26)27)18-16(10(3)4)29-23(31-18)12(7)8/h9-14,20-21H,1-8H3,(H,28,30)(H,29,31). The van der Waals surface area contributed by atoms with E-state index in [1.165, 1.54) is 0 Å². The Morgan fingerprint density at radius 3 is 1.16 bits per heavy atom. The van der Waals surface area contributed by atoms with Crippen LogP contribution in [0.15, 0.2) is 0 Å². The maximum absolute atomic E-state index is 14.3. The smallest absolute Gasteiger partial charge is 0.253 e. The highest BCUT2D eigenvalue weighted by Gasteiger charge is 2.44. The van der Waals surface area contributed by atoms with Gasteiger partial charge in [-0.3, -0.25) is 4.79 Å². The van der Waals surface area contributed by atoms with Crippen molar-refractivity contribution in [3.8, 4) is 0 Å². The highest BCUT2D eigenvalue weighted by atomic mass is 19.3. The summed E-state index contributed by atoms with van der Waals surface area (Å²) in [5.41, 5.74) is 0.446. The minimum Gasteiger partial charge on any atom is -0.345 e. The number of aromatic amines is 2. The van der Waals surface area contributed by atoms with Crippen LogP contribution in [0.2, 0.25) is 0 Å². The molecule has 0 aliphatic rings. The lowest BCUT2D eigenvalue weighted by atomic mass is 9.85. The summed E-state index contributed by atoms with van der Waals surface area (Å²) in [7, 11) is 0. The van der Waals surface area contributed by atoms with E-state index < -0.39 is 30.5 Å². The van der Waals surface area contributed by atoms with Crippen molar-refractivity contribution >= 4 is 5.78 Å². The summed E-state index contributed by atoms with van der Waals surface area (Å²) in [6.07, 6.45) is -6.34. The number of imidazole rings is 2. The number of alkyl halides is 4. The number of carbonyl (C=O) groups excluding carboxylic acids is 1. The molecule has 2 rings (SSSR count). The van der Waals surface area contributed by atoms with E-state index in [0.717, 1.165) is 0 Å². The molecule has 0 aromatic carbocycles. The van der Waals surface area contributed by atoms with Gasteiger partial charge in [0.25, 0.3) is 12.9 Å². The number of rotatable bonds is 10. The summed E-state index contributed by atoms with van der Waals surface area (Å²) in [5, 5.41) is 0. The van der Waals surface area contributed by atoms with E-state index >= 15 is 0 Å². The van der Waals surface area contributed by atoms with E-state index in [4.69, 9.17) is 0 Å². The van der Waals surface area contributed by atoms with Crippen LogP contribution in [0, 0.1) is 0 Å². The molecule has 9 heteroatoms. The fraction of sp³-hybridized carbons (Fsp3) is 0.696. The molecule has 2 aromatic heterocycles. The van der Waals surface area contributed by atoms with Gasteiger partial charge < -0.3 is 9.97 Å². The van der Waals surface area contributed by atoms with Gasteiger partial charge in [0.15, 0.2) is 5.78 Å². The Labute approximate surface area is 186 Å². The second kappa shape index (κ2) is 10.2. The molecule has 0 saturated heterocycles. The predicted molar refractivity (Wildman–Crippen MR) is 116 cm³/mol. The number of Topliss-reactive ketones (excluding diaryl/α,β-unsaturated/α-hetero) is 1. The minimum atomic E-state index is -3.17. The number of halogens is 4. The summed E-state index contributed by atoms with van der Waals surface area (Å²) in [6.45, 7) is 14.4. The number of H-pyrrole nitrogens is 2. The first-order valence-corrected chi connectivity index (χ1v) is 11.1. The maximum Gasteiger partial charge on any atom is 0.253 e. The fourth-order valence-electron chi connectivity index (χ4n) is 3.72. The quantitative estimate of drug-likeness (QED) is 0.394. The summed E-state index contributed by atoms with van der Waals surface area (Å²) in [5.74, 6) is -5.17. The molecular weight excluding hydrogens is 424 g/mol. The maximum atomic E-state index is 14.3. The zero-order valence-electron chi connectivity index (χ0n) is 19.9. The number of nitrogens with one attached hydrogen (secondary N) is 2. The zero-order chi connectivity index (χ0) is 24.5. The Hall–Kier alpha value is -2.19. The van der Waals surface area contributed by atoms with Gasteiger partial charge in [0.2, 0.25) is 0 Å². The topological polar surface area (TPSA) is 74.4 Å². The van der Waals surface area contributed by atoms with Gasteiger partial charge in [0.1, 0.15) is 23.5 Å². The molecule has 2 atom stereocenters. The molecule has 0 fully saturated rings. The van der Waals surface area contributed by atoms with Crippen LogP contribution in [0.5, 0.6) is 0 Å². The van der Waals surface area contributed by atoms with Crippen molar-refractivity contribution in [1.82, 2.24) is 19.9 Å². The van der Waals surface area contributed by atoms with Crippen molar-refractivity contribution in [2.45, 2.75) is 104 Å². The van der Waals surface area contributed by atoms with Gasteiger partial charge in [-0.1, -0.05) is 55.4 Å². The van der Waals surface area contributed by atoms with E-state index in [9.17, 15) is 22.4 Å². The van der Waals surface area contributed by atoms with Crippen LogP contribution >= 0.6 is 0 Å². The van der Waals surface area contributed by atoms with Gasteiger partial charge in [-0.15, -0.1) is 0 Å². The third-order valence-electron chi connectivity index (χ3n) is 5.49. The van der Waals surface area contributed by atoms with Crippen LogP contribution in [-0.2, 0) is 4.79 Å². The molecule has 180 valence electrons. The number of nitrogens with zero attached hydrogens (tertiary/aromatic N) is 2. The first kappa shape index (κ1) is 26.1. The van der Waals surface area contributed by atoms with Crippen molar-refractivity contribution in [2.24, 2.45) is 0 Å². The van der Waals surface area contributed by atoms with Crippen LogP contribution < -0.4 is 0 Å². The van der Waals surface area contributed by atoms with Crippen molar-refractivity contribution in [3.05, 3.63) is 34.4 Å². The fourth-order valence-corrected chi connectivity index (χ4v) is 3.72. The first-order chi connectivity index (χ1) is 14.8. The largest absolute Gasteiger partial charge is 0.345 e. The van der Waals surface area contributed by atoms with Crippen LogP contribution in [0.3, 0.4) is 0 Å². The Bertz CT molecular complexity index is 843. The highest BCUT2D eigenvalue weighted by Crippen LogP contribution is 2.39. The van der Waals surface area contributed by atoms with Crippen LogP contribution in [0.1, 0.15) is 125 Å². The molecule has 0 bridgehead atoms. The first-order valence-electron chi connectivity index (χ1n) is 11.1. The lowest BCUT2D eigenvalue weighted by molar-refractivity contribution is -0.128. The van der Waals surface area contributed by atoms with Gasteiger partial charge in [-0.2, -0.15) is 0 Å². The zero-order valence-corrected chi connectivity index (χ0v) is 19.9. The van der Waals surface area contributed by atoms with Crippen molar-refractivity contribution < 1.29 is 22.4 Å². The van der Waals surface area contributed by atoms with Crippen LogP contribution in [0.25, 0.3) is 0 Å². The SMILES string of the molecule is CC(C)c1nc(C(C)C)c(C(C(=O)C(c2[nH]c(C(C)C)nc2C(C)C)C(F)F)C(F)F)[nH]1. The normalized spacial score (nSPS) is 14.6. The minimum absolute atomic E-state index is 0.0796. The summed E-state index contributed by atoms with van der Waals surface area (Å²) < 4.78 is 57.1. The third-order valence-corrected chi connectivity index (χ3v) is 5.49. The Balaban J connectivity index is 2.67. The number of ketones is 1. The third kappa shape index (κ3) is 5.23. The Morgan fingerprint density at radius 2 is 0.938 bits per heavy atom. The average molecular weight is 459 g/mol. The van der Waals surface area contributed by atoms with Crippen molar-refractivity contribution in [2.75, 3.05) is 0 Å². The van der Waals surface area contributed by atoms with Gasteiger partial charge in [0.05, 0.1) is 22.8 Å². The van der Waals surface area contributed by atoms with Gasteiger partial charge in [0, 0.05) is 11.8 Å². The number of hydrogen-bond acceptors (Lipinski definition) is 3. The van der Waals surface area contributed by atoms with Crippen LogP contribution in [0.4, 0.5) is 17.6 Å². The van der Waals surface area contributed by atoms with E-state index in [1.807, 2.05) is 27.7 Å². The molecule has 0 radical (unpaired) electrons. The molecule has 2 N–H and O–H groups in total. The Kier molecular flexibility index (Phi) is 8.28. The number of carbonyl (C=O) groups is 1. The average Bonchev–Trinajstić information content (AvgIpc) is 3.26. The lowest BCUT2D eigenvalue weighted by Crippen LogP contribution is -2.32. The molecular formula is C23H34F4N4O. The van der Waals surface area contributed by atoms with Gasteiger partial charge in [-0.25, -0.2) is 27.5 Å². The molecule has 0 aliphatic heterocycles. The Morgan fingerprint density at radius 1 is 0.625 bits per heavy atom. The summed E-state index contributed by atoms with van der Waals surface area (Å²) in [6, 6.07) is 0. The summed E-state index contributed by atoms with van der Waals surface area (Å²) >= 11 is 0. The monoisotopic (exact) mass is 458 g/mol. The molecule has 2 unspecified atom stereocenters. The molecule has 2 heterocycles. The number of aromatic nitrogens is 4. The molecule has 0 aliphatic carbocycles. The van der Waals surface area contributed by atoms with E-state index in [1.54, 1.807) is 27.7 Å². The van der Waals surface area contributed by atoms with E-state index in [0.29, 0.717) is 23.0 Å². The van der Waals surface area contributed by atoms with Crippen molar-refractivity contribution in [3.63, 3.8) is 0 Å². The second-order valence-corrected chi connectivity index (χ2v) is 9.49. The van der Waals surface area contributed by atoms with Gasteiger partial charge in [-0.05, 0) is 11.8 Å². The van der Waals surface area contributed by atoms with E-state index in [2.05, 4.69) is 19.9 Å².